The number of rotatable bonds is 8. The van der Waals surface area contributed by atoms with Gasteiger partial charge in [0.15, 0.2) is 5.78 Å². The molecule has 7 nitrogen and oxygen atoms in total. The Morgan fingerprint density at radius 1 is 1.03 bits per heavy atom. The standard InChI is InChI=1S/C22H22N4O3/c1-15(27)17-6-8-18(9-7-17)26-22(28)20-13-25-21(14-24-20)23-11-10-16-4-3-5-19(12-16)29-2/h3-9,12-14H,10-11H2,1-2H3,(H,23,25)(H,26,28). The van der Waals surface area contributed by atoms with Crippen LogP contribution in [0.4, 0.5) is 11.5 Å². The number of carbonyl (C=O) groups excluding carboxylic acids is 2. The van der Waals surface area contributed by atoms with Crippen LogP contribution in [0.5, 0.6) is 5.75 Å². The van der Waals surface area contributed by atoms with Gasteiger partial charge >= 0.3 is 0 Å². The van der Waals surface area contributed by atoms with Crippen LogP contribution in [0.1, 0.15) is 33.3 Å². The van der Waals surface area contributed by atoms with E-state index in [4.69, 9.17) is 4.74 Å². The average Bonchev–Trinajstić information content (AvgIpc) is 2.74. The maximum Gasteiger partial charge on any atom is 0.275 e. The Morgan fingerprint density at radius 2 is 1.83 bits per heavy atom. The molecule has 0 radical (unpaired) electrons. The maximum atomic E-state index is 12.3. The third-order valence-electron chi connectivity index (χ3n) is 4.29. The summed E-state index contributed by atoms with van der Waals surface area (Å²) < 4.78 is 5.22. The number of anilines is 2. The number of ether oxygens (including phenoxy) is 1. The molecule has 1 aromatic heterocycles. The Bertz CT molecular complexity index is 986. The zero-order chi connectivity index (χ0) is 20.6. The number of hydrogen-bond acceptors (Lipinski definition) is 6. The van der Waals surface area contributed by atoms with Gasteiger partial charge in [0.1, 0.15) is 17.3 Å². The molecule has 2 N–H and O–H groups in total. The first kappa shape index (κ1) is 20.0. The molecule has 0 fully saturated rings. The summed E-state index contributed by atoms with van der Waals surface area (Å²) in [5, 5.41) is 5.92. The second-order valence-electron chi connectivity index (χ2n) is 6.40. The van der Waals surface area contributed by atoms with E-state index < -0.39 is 0 Å². The predicted octanol–water partition coefficient (Wildman–Crippen LogP) is 3.59. The Balaban J connectivity index is 1.52. The van der Waals surface area contributed by atoms with Crippen molar-refractivity contribution in [3.63, 3.8) is 0 Å². The minimum absolute atomic E-state index is 0.0248. The lowest BCUT2D eigenvalue weighted by atomic mass is 10.1. The van der Waals surface area contributed by atoms with Crippen molar-refractivity contribution in [1.29, 1.82) is 0 Å². The monoisotopic (exact) mass is 390 g/mol. The summed E-state index contributed by atoms with van der Waals surface area (Å²) in [5.74, 6) is 1.03. The number of nitrogens with zero attached hydrogens (tertiary/aromatic N) is 2. The van der Waals surface area contributed by atoms with Crippen LogP contribution in [0, 0.1) is 0 Å². The Labute approximate surface area is 169 Å². The van der Waals surface area contributed by atoms with Gasteiger partial charge < -0.3 is 15.4 Å². The second-order valence-corrected chi connectivity index (χ2v) is 6.40. The molecule has 0 atom stereocenters. The molecule has 0 spiro atoms. The predicted molar refractivity (Wildman–Crippen MR) is 112 cm³/mol. The number of Topliss-reactive ketones (excluding diaryl/α,β-unsaturated/α-hetero) is 1. The van der Waals surface area contributed by atoms with Crippen LogP contribution in [-0.2, 0) is 6.42 Å². The molecule has 0 unspecified atom stereocenters. The van der Waals surface area contributed by atoms with Crippen LogP contribution in [0.2, 0.25) is 0 Å². The summed E-state index contributed by atoms with van der Waals surface area (Å²) in [4.78, 5) is 32.0. The van der Waals surface area contributed by atoms with E-state index in [1.54, 1.807) is 31.4 Å². The van der Waals surface area contributed by atoms with Crippen LogP contribution >= 0.6 is 0 Å². The summed E-state index contributed by atoms with van der Waals surface area (Å²) in [6.45, 7) is 2.17. The Kier molecular flexibility index (Phi) is 6.52. The minimum Gasteiger partial charge on any atom is -0.497 e. The number of aromatic nitrogens is 2. The van der Waals surface area contributed by atoms with Gasteiger partial charge in [-0.1, -0.05) is 12.1 Å². The average molecular weight is 390 g/mol. The Morgan fingerprint density at radius 3 is 2.48 bits per heavy atom. The van der Waals surface area contributed by atoms with E-state index in [9.17, 15) is 9.59 Å². The van der Waals surface area contributed by atoms with Crippen LogP contribution in [0.15, 0.2) is 60.9 Å². The van der Waals surface area contributed by atoms with Crippen LogP contribution in [0.3, 0.4) is 0 Å². The lowest BCUT2D eigenvalue weighted by Crippen LogP contribution is -2.15. The third kappa shape index (κ3) is 5.62. The number of carbonyl (C=O) groups is 2. The first-order valence-electron chi connectivity index (χ1n) is 9.16. The van der Waals surface area contributed by atoms with E-state index >= 15 is 0 Å². The van der Waals surface area contributed by atoms with Crippen molar-refractivity contribution in [2.75, 3.05) is 24.3 Å². The Hall–Kier alpha value is -3.74. The van der Waals surface area contributed by atoms with E-state index in [2.05, 4.69) is 20.6 Å². The highest BCUT2D eigenvalue weighted by Crippen LogP contribution is 2.14. The number of benzene rings is 2. The SMILES string of the molecule is COc1cccc(CCNc2cnc(C(=O)Nc3ccc(C(C)=O)cc3)cn2)c1. The van der Waals surface area contributed by atoms with Gasteiger partial charge in [-0.15, -0.1) is 0 Å². The van der Waals surface area contributed by atoms with Gasteiger partial charge in [0.05, 0.1) is 19.5 Å². The maximum absolute atomic E-state index is 12.3. The molecule has 3 rings (SSSR count). The van der Waals surface area contributed by atoms with Crippen molar-refractivity contribution in [3.8, 4) is 5.75 Å². The van der Waals surface area contributed by atoms with Crippen molar-refractivity contribution in [2.45, 2.75) is 13.3 Å². The molecule has 0 aliphatic rings. The van der Waals surface area contributed by atoms with Crippen molar-refractivity contribution in [1.82, 2.24) is 9.97 Å². The van der Waals surface area contributed by atoms with Crippen LogP contribution in [0.25, 0.3) is 0 Å². The molecule has 3 aromatic rings. The van der Waals surface area contributed by atoms with Crippen molar-refractivity contribution in [3.05, 3.63) is 77.7 Å². The van der Waals surface area contributed by atoms with E-state index in [1.165, 1.54) is 19.3 Å². The first-order chi connectivity index (χ1) is 14.0. The lowest BCUT2D eigenvalue weighted by Gasteiger charge is -2.08. The molecular formula is C22H22N4O3. The molecule has 1 heterocycles. The van der Waals surface area contributed by atoms with Crippen molar-refractivity contribution >= 4 is 23.2 Å². The summed E-state index contributed by atoms with van der Waals surface area (Å²) in [7, 11) is 1.64. The summed E-state index contributed by atoms with van der Waals surface area (Å²) in [6, 6.07) is 14.6. The first-order valence-corrected chi connectivity index (χ1v) is 9.16. The van der Waals surface area contributed by atoms with E-state index in [0.717, 1.165) is 17.7 Å². The van der Waals surface area contributed by atoms with E-state index in [0.29, 0.717) is 23.6 Å². The number of methoxy groups -OCH3 is 1. The van der Waals surface area contributed by atoms with Gasteiger partial charge in [0.25, 0.3) is 5.91 Å². The fourth-order valence-corrected chi connectivity index (χ4v) is 2.68. The summed E-state index contributed by atoms with van der Waals surface area (Å²) >= 11 is 0. The molecule has 0 saturated heterocycles. The normalized spacial score (nSPS) is 10.3. The van der Waals surface area contributed by atoms with Crippen LogP contribution < -0.4 is 15.4 Å². The highest BCUT2D eigenvalue weighted by molar-refractivity contribution is 6.03. The molecule has 0 aliphatic carbocycles. The molecule has 1 amide bonds. The summed E-state index contributed by atoms with van der Waals surface area (Å²) in [5.41, 5.74) is 2.53. The molecule has 0 aliphatic heterocycles. The third-order valence-corrected chi connectivity index (χ3v) is 4.29. The molecule has 148 valence electrons. The van der Waals surface area contributed by atoms with Gasteiger partial charge in [0, 0.05) is 17.8 Å². The zero-order valence-corrected chi connectivity index (χ0v) is 16.3. The van der Waals surface area contributed by atoms with Crippen molar-refractivity contribution in [2.24, 2.45) is 0 Å². The second kappa shape index (κ2) is 9.45. The molecule has 7 heteroatoms. The zero-order valence-electron chi connectivity index (χ0n) is 16.3. The topological polar surface area (TPSA) is 93.2 Å². The molecule has 0 bridgehead atoms. The highest BCUT2D eigenvalue weighted by Gasteiger charge is 2.09. The number of amides is 1. The molecule has 29 heavy (non-hydrogen) atoms. The summed E-state index contributed by atoms with van der Waals surface area (Å²) in [6.07, 6.45) is 3.75. The quantitative estimate of drug-likeness (QED) is 0.571. The van der Waals surface area contributed by atoms with Gasteiger partial charge in [-0.3, -0.25) is 9.59 Å². The fourth-order valence-electron chi connectivity index (χ4n) is 2.68. The number of hydrogen-bond donors (Lipinski definition) is 2. The van der Waals surface area contributed by atoms with Crippen LogP contribution in [-0.4, -0.2) is 35.3 Å². The van der Waals surface area contributed by atoms with E-state index in [1.807, 2.05) is 24.3 Å². The largest absolute Gasteiger partial charge is 0.497 e. The number of nitrogens with one attached hydrogen (secondary N) is 2. The lowest BCUT2D eigenvalue weighted by molar-refractivity contribution is 0.101. The molecule has 2 aromatic carbocycles. The van der Waals surface area contributed by atoms with Gasteiger partial charge in [-0.05, 0) is 55.3 Å². The van der Waals surface area contributed by atoms with Gasteiger partial charge in [-0.2, -0.15) is 0 Å². The highest BCUT2D eigenvalue weighted by atomic mass is 16.5. The smallest absolute Gasteiger partial charge is 0.275 e. The minimum atomic E-state index is -0.365. The van der Waals surface area contributed by atoms with Gasteiger partial charge in [-0.25, -0.2) is 9.97 Å². The van der Waals surface area contributed by atoms with Crippen molar-refractivity contribution < 1.29 is 14.3 Å². The van der Waals surface area contributed by atoms with E-state index in [-0.39, 0.29) is 17.4 Å². The molecule has 0 saturated carbocycles. The van der Waals surface area contributed by atoms with Gasteiger partial charge in [0.2, 0.25) is 0 Å². The molecular weight excluding hydrogens is 368 g/mol. The number of ketones is 1. The fraction of sp³-hybridized carbons (Fsp3) is 0.182.